The number of anilines is 1. The van der Waals surface area contributed by atoms with Crippen molar-refractivity contribution in [3.63, 3.8) is 0 Å². The summed E-state index contributed by atoms with van der Waals surface area (Å²) >= 11 is 5.95. The summed E-state index contributed by atoms with van der Waals surface area (Å²) in [6.45, 7) is 3.69. The fraction of sp³-hybridized carbons (Fsp3) is 0.462. The molecule has 0 aliphatic carbocycles. The molecule has 1 aromatic rings. The lowest BCUT2D eigenvalue weighted by Gasteiger charge is -2.21. The number of carbonyl (C=O) groups is 1. The molecule has 0 bridgehead atoms. The maximum Gasteiger partial charge on any atom is 0.243 e. The highest BCUT2D eigenvalue weighted by Crippen LogP contribution is 2.35. The van der Waals surface area contributed by atoms with E-state index in [1.165, 1.54) is 16.4 Å². The monoisotopic (exact) mass is 331 g/mol. The Balaban J connectivity index is 2.39. The van der Waals surface area contributed by atoms with Crippen molar-refractivity contribution in [2.24, 2.45) is 11.1 Å². The summed E-state index contributed by atoms with van der Waals surface area (Å²) in [7, 11) is -3.72. The van der Waals surface area contributed by atoms with Gasteiger partial charge in [0, 0.05) is 13.1 Å². The largest absolute Gasteiger partial charge is 0.397 e. The van der Waals surface area contributed by atoms with Crippen LogP contribution in [0.3, 0.4) is 0 Å². The Morgan fingerprint density at radius 3 is 2.52 bits per heavy atom. The molecule has 6 nitrogen and oxygen atoms in total. The number of aryl methyl sites for hydroxylation is 1. The SMILES string of the molecule is Cc1cc(S(=O)(=O)N2CCC(C)(C(N)=O)C2)cc(N)c1Cl. The van der Waals surface area contributed by atoms with E-state index in [4.69, 9.17) is 23.1 Å². The highest BCUT2D eigenvalue weighted by molar-refractivity contribution is 7.89. The van der Waals surface area contributed by atoms with E-state index in [-0.39, 0.29) is 23.7 Å². The van der Waals surface area contributed by atoms with Crippen LogP contribution in [0.25, 0.3) is 0 Å². The third-order valence-electron chi connectivity index (χ3n) is 3.93. The van der Waals surface area contributed by atoms with Crippen LogP contribution in [0.5, 0.6) is 0 Å². The number of hydrogen-bond acceptors (Lipinski definition) is 4. The first kappa shape index (κ1) is 16.1. The molecule has 1 saturated heterocycles. The molecule has 116 valence electrons. The van der Waals surface area contributed by atoms with Gasteiger partial charge in [0.2, 0.25) is 15.9 Å². The topological polar surface area (TPSA) is 106 Å². The second kappa shape index (κ2) is 5.15. The summed E-state index contributed by atoms with van der Waals surface area (Å²) in [5.41, 5.74) is 11.0. The fourth-order valence-electron chi connectivity index (χ4n) is 2.39. The molecule has 21 heavy (non-hydrogen) atoms. The quantitative estimate of drug-likeness (QED) is 0.809. The van der Waals surface area contributed by atoms with Crippen LogP contribution in [0, 0.1) is 12.3 Å². The molecule has 1 aromatic carbocycles. The molecule has 2 rings (SSSR count). The number of hydrogen-bond donors (Lipinski definition) is 2. The number of halogens is 1. The Bertz CT molecular complexity index is 682. The van der Waals surface area contributed by atoms with Crippen molar-refractivity contribution in [2.75, 3.05) is 18.8 Å². The van der Waals surface area contributed by atoms with Crippen LogP contribution in [-0.2, 0) is 14.8 Å². The highest BCUT2D eigenvalue weighted by Gasteiger charge is 2.43. The van der Waals surface area contributed by atoms with Gasteiger partial charge in [-0.05, 0) is 38.0 Å². The van der Waals surface area contributed by atoms with Crippen molar-refractivity contribution in [1.29, 1.82) is 0 Å². The second-order valence-corrected chi connectivity index (χ2v) is 7.97. The molecule has 1 unspecified atom stereocenters. The van der Waals surface area contributed by atoms with Gasteiger partial charge in [0.05, 0.1) is 21.0 Å². The van der Waals surface area contributed by atoms with E-state index in [2.05, 4.69) is 0 Å². The third kappa shape index (κ3) is 2.73. The van der Waals surface area contributed by atoms with E-state index in [1.807, 2.05) is 0 Å². The normalized spacial score (nSPS) is 23.4. The number of carbonyl (C=O) groups excluding carboxylic acids is 1. The van der Waals surface area contributed by atoms with Crippen LogP contribution in [0.2, 0.25) is 5.02 Å². The first-order valence-electron chi connectivity index (χ1n) is 6.43. The van der Waals surface area contributed by atoms with E-state index in [0.29, 0.717) is 17.0 Å². The van der Waals surface area contributed by atoms with Gasteiger partial charge in [-0.3, -0.25) is 4.79 Å². The molecule has 8 heteroatoms. The molecule has 1 amide bonds. The van der Waals surface area contributed by atoms with Gasteiger partial charge in [-0.25, -0.2) is 8.42 Å². The zero-order valence-electron chi connectivity index (χ0n) is 11.9. The molecular formula is C13H18ClN3O3S. The smallest absolute Gasteiger partial charge is 0.243 e. The summed E-state index contributed by atoms with van der Waals surface area (Å²) in [6, 6.07) is 2.82. The molecule has 1 aliphatic heterocycles. The number of sulfonamides is 1. The Hall–Kier alpha value is -1.31. The fourth-order valence-corrected chi connectivity index (χ4v) is 4.18. The van der Waals surface area contributed by atoms with Gasteiger partial charge in [0.15, 0.2) is 0 Å². The van der Waals surface area contributed by atoms with Crippen molar-refractivity contribution in [1.82, 2.24) is 4.31 Å². The Kier molecular flexibility index (Phi) is 3.94. The number of primary amides is 1. The van der Waals surface area contributed by atoms with Gasteiger partial charge in [0.25, 0.3) is 0 Å². The predicted octanol–water partition coefficient (Wildman–Crippen LogP) is 1.12. The Morgan fingerprint density at radius 2 is 2.05 bits per heavy atom. The molecule has 0 radical (unpaired) electrons. The number of rotatable bonds is 3. The average Bonchev–Trinajstić information content (AvgIpc) is 2.80. The lowest BCUT2D eigenvalue weighted by atomic mass is 9.89. The lowest BCUT2D eigenvalue weighted by Crippen LogP contribution is -2.38. The molecule has 4 N–H and O–H groups in total. The van der Waals surface area contributed by atoms with Crippen LogP contribution >= 0.6 is 11.6 Å². The molecule has 0 aromatic heterocycles. The number of benzene rings is 1. The van der Waals surface area contributed by atoms with E-state index in [1.54, 1.807) is 13.8 Å². The molecule has 0 spiro atoms. The van der Waals surface area contributed by atoms with Gasteiger partial charge < -0.3 is 11.5 Å². The first-order chi connectivity index (χ1) is 9.58. The number of amides is 1. The molecular weight excluding hydrogens is 314 g/mol. The van der Waals surface area contributed by atoms with Crippen molar-refractivity contribution in [3.8, 4) is 0 Å². The van der Waals surface area contributed by atoms with Crippen LogP contribution in [0.15, 0.2) is 17.0 Å². The molecule has 1 heterocycles. The molecule has 1 atom stereocenters. The summed E-state index contributed by atoms with van der Waals surface area (Å²) in [6.07, 6.45) is 0.406. The maximum absolute atomic E-state index is 12.6. The van der Waals surface area contributed by atoms with Crippen molar-refractivity contribution in [3.05, 3.63) is 22.7 Å². The summed E-state index contributed by atoms with van der Waals surface area (Å²) < 4.78 is 26.5. The van der Waals surface area contributed by atoms with Crippen molar-refractivity contribution < 1.29 is 13.2 Å². The van der Waals surface area contributed by atoms with Crippen LogP contribution in [0.1, 0.15) is 18.9 Å². The van der Waals surface area contributed by atoms with Crippen LogP contribution in [0.4, 0.5) is 5.69 Å². The second-order valence-electron chi connectivity index (χ2n) is 5.66. The molecule has 0 saturated carbocycles. The summed E-state index contributed by atoms with van der Waals surface area (Å²) in [5, 5.41) is 0.345. The van der Waals surface area contributed by atoms with E-state index < -0.39 is 21.3 Å². The summed E-state index contributed by atoms with van der Waals surface area (Å²) in [5.74, 6) is -0.494. The zero-order valence-corrected chi connectivity index (χ0v) is 13.5. The van der Waals surface area contributed by atoms with Gasteiger partial charge in [-0.15, -0.1) is 0 Å². The number of nitrogen functional groups attached to an aromatic ring is 1. The first-order valence-corrected chi connectivity index (χ1v) is 8.25. The number of nitrogens with two attached hydrogens (primary N) is 2. The van der Waals surface area contributed by atoms with Crippen LogP contribution in [-0.4, -0.2) is 31.7 Å². The van der Waals surface area contributed by atoms with Crippen molar-refractivity contribution in [2.45, 2.75) is 25.2 Å². The minimum atomic E-state index is -3.72. The molecule has 1 aliphatic rings. The van der Waals surface area contributed by atoms with E-state index in [9.17, 15) is 13.2 Å². The Morgan fingerprint density at radius 1 is 1.43 bits per heavy atom. The summed E-state index contributed by atoms with van der Waals surface area (Å²) in [4.78, 5) is 11.5. The maximum atomic E-state index is 12.6. The highest BCUT2D eigenvalue weighted by atomic mass is 35.5. The third-order valence-corrected chi connectivity index (χ3v) is 6.27. The van der Waals surface area contributed by atoms with Gasteiger partial charge in [-0.1, -0.05) is 11.6 Å². The van der Waals surface area contributed by atoms with Gasteiger partial charge >= 0.3 is 0 Å². The van der Waals surface area contributed by atoms with E-state index >= 15 is 0 Å². The van der Waals surface area contributed by atoms with E-state index in [0.717, 1.165) is 0 Å². The Labute approximate surface area is 129 Å². The van der Waals surface area contributed by atoms with Gasteiger partial charge in [-0.2, -0.15) is 4.31 Å². The average molecular weight is 332 g/mol. The molecule has 1 fully saturated rings. The minimum Gasteiger partial charge on any atom is -0.397 e. The number of nitrogens with zero attached hydrogens (tertiary/aromatic N) is 1. The van der Waals surface area contributed by atoms with Crippen molar-refractivity contribution >= 4 is 33.2 Å². The minimum absolute atomic E-state index is 0.0756. The van der Waals surface area contributed by atoms with Gasteiger partial charge in [0.1, 0.15) is 0 Å². The van der Waals surface area contributed by atoms with Crippen LogP contribution < -0.4 is 11.5 Å². The standard InChI is InChI=1S/C13H18ClN3O3S/c1-8-5-9(6-10(15)11(8)14)21(19,20)17-4-3-13(2,7-17)12(16)18/h5-6H,3-4,7,15H2,1-2H3,(H2,16,18). The zero-order chi connectivity index (χ0) is 16.0. The predicted molar refractivity (Wildman–Crippen MR) is 81.3 cm³/mol. The lowest BCUT2D eigenvalue weighted by molar-refractivity contribution is -0.126.